The second-order valence-corrected chi connectivity index (χ2v) is 4.00. The number of nitrogens with zero attached hydrogens (tertiary/aromatic N) is 2. The summed E-state index contributed by atoms with van der Waals surface area (Å²) < 4.78 is 0. The van der Waals surface area contributed by atoms with E-state index < -0.39 is 28.4 Å². The Hall–Kier alpha value is -1.98. The summed E-state index contributed by atoms with van der Waals surface area (Å²) in [6, 6.07) is 6.08. The molecule has 0 saturated heterocycles. The van der Waals surface area contributed by atoms with E-state index in [-0.39, 0.29) is 0 Å². The number of aryl methyl sites for hydroxylation is 1. The Morgan fingerprint density at radius 2 is 1.82 bits per heavy atom. The third-order valence-corrected chi connectivity index (χ3v) is 2.85. The largest absolute Gasteiger partial charge is 0.265 e. The molecular formula is C11H14N2O4. The standard InChI is InChI=1S/C11H14N2O4/c1-8-5-3-4-6-10(8)11(7-12(14)15)9(2)13(16)17/h3-6,9,11H,7H2,1-2H3/t9-,11-/m1/s1. The van der Waals surface area contributed by atoms with Gasteiger partial charge in [0.15, 0.2) is 0 Å². The quantitative estimate of drug-likeness (QED) is 0.580. The topological polar surface area (TPSA) is 86.3 Å². The summed E-state index contributed by atoms with van der Waals surface area (Å²) >= 11 is 0. The summed E-state index contributed by atoms with van der Waals surface area (Å²) in [7, 11) is 0. The summed E-state index contributed by atoms with van der Waals surface area (Å²) in [6.45, 7) is 2.78. The van der Waals surface area contributed by atoms with Gasteiger partial charge in [-0.1, -0.05) is 24.3 Å². The van der Waals surface area contributed by atoms with Crippen molar-refractivity contribution in [1.29, 1.82) is 0 Å². The van der Waals surface area contributed by atoms with Gasteiger partial charge in [0.1, 0.15) is 5.92 Å². The van der Waals surface area contributed by atoms with Gasteiger partial charge in [-0.25, -0.2) is 0 Å². The highest BCUT2D eigenvalue weighted by molar-refractivity contribution is 5.29. The Bertz CT molecular complexity index is 433. The average molecular weight is 238 g/mol. The highest BCUT2D eigenvalue weighted by Crippen LogP contribution is 2.24. The van der Waals surface area contributed by atoms with Crippen LogP contribution in [-0.4, -0.2) is 22.4 Å². The predicted molar refractivity (Wildman–Crippen MR) is 62.2 cm³/mol. The van der Waals surface area contributed by atoms with E-state index in [9.17, 15) is 20.2 Å². The minimum Gasteiger partial charge on any atom is -0.265 e. The summed E-state index contributed by atoms with van der Waals surface area (Å²) in [6.07, 6.45) is 0. The van der Waals surface area contributed by atoms with Crippen LogP contribution in [0.25, 0.3) is 0 Å². The molecule has 0 bridgehead atoms. The van der Waals surface area contributed by atoms with E-state index in [1.807, 2.05) is 0 Å². The molecule has 0 saturated carbocycles. The normalized spacial score (nSPS) is 14.0. The zero-order chi connectivity index (χ0) is 13.0. The number of hydrogen-bond acceptors (Lipinski definition) is 4. The first kappa shape index (κ1) is 13.1. The Kier molecular flexibility index (Phi) is 4.14. The Morgan fingerprint density at radius 3 is 2.29 bits per heavy atom. The van der Waals surface area contributed by atoms with Crippen LogP contribution in [0.5, 0.6) is 0 Å². The fourth-order valence-electron chi connectivity index (χ4n) is 1.82. The van der Waals surface area contributed by atoms with E-state index in [2.05, 4.69) is 0 Å². The Labute approximate surface area is 98.6 Å². The molecule has 1 aromatic rings. The van der Waals surface area contributed by atoms with Gasteiger partial charge < -0.3 is 0 Å². The lowest BCUT2D eigenvalue weighted by molar-refractivity contribution is -0.543. The van der Waals surface area contributed by atoms with Gasteiger partial charge in [-0.3, -0.25) is 20.2 Å². The van der Waals surface area contributed by atoms with Gasteiger partial charge in [0, 0.05) is 16.8 Å². The lowest BCUT2D eigenvalue weighted by Gasteiger charge is -2.16. The molecule has 0 aliphatic carbocycles. The highest BCUT2D eigenvalue weighted by atomic mass is 16.6. The van der Waals surface area contributed by atoms with Crippen LogP contribution in [0, 0.1) is 27.2 Å². The maximum atomic E-state index is 10.8. The zero-order valence-electron chi connectivity index (χ0n) is 9.70. The van der Waals surface area contributed by atoms with E-state index in [1.165, 1.54) is 6.92 Å². The smallest absolute Gasteiger partial charge is 0.223 e. The maximum absolute atomic E-state index is 10.8. The van der Waals surface area contributed by atoms with Gasteiger partial charge in [0.25, 0.3) is 0 Å². The fourth-order valence-corrected chi connectivity index (χ4v) is 1.82. The summed E-state index contributed by atoms with van der Waals surface area (Å²) in [5.41, 5.74) is 1.52. The van der Waals surface area contributed by atoms with Gasteiger partial charge in [-0.15, -0.1) is 0 Å². The number of nitro groups is 2. The molecule has 0 unspecified atom stereocenters. The van der Waals surface area contributed by atoms with Crippen molar-refractivity contribution in [2.75, 3.05) is 6.54 Å². The average Bonchev–Trinajstić information content (AvgIpc) is 2.25. The molecule has 17 heavy (non-hydrogen) atoms. The number of rotatable bonds is 5. The molecule has 0 spiro atoms. The van der Waals surface area contributed by atoms with Crippen molar-refractivity contribution in [3.8, 4) is 0 Å². The van der Waals surface area contributed by atoms with Crippen LogP contribution in [0.1, 0.15) is 24.0 Å². The summed E-state index contributed by atoms with van der Waals surface area (Å²) in [4.78, 5) is 20.4. The van der Waals surface area contributed by atoms with Crippen molar-refractivity contribution >= 4 is 0 Å². The minimum absolute atomic E-state index is 0.424. The summed E-state index contributed by atoms with van der Waals surface area (Å²) in [5, 5.41) is 21.4. The van der Waals surface area contributed by atoms with Crippen molar-refractivity contribution in [2.45, 2.75) is 25.8 Å². The lowest BCUT2D eigenvalue weighted by atomic mass is 9.89. The van der Waals surface area contributed by atoms with Gasteiger partial charge in [0.05, 0.1) is 0 Å². The van der Waals surface area contributed by atoms with E-state index in [1.54, 1.807) is 31.2 Å². The SMILES string of the molecule is Cc1ccccc1[C@H](C[N+](=O)[O-])[C@@H](C)[N+](=O)[O-]. The maximum Gasteiger partial charge on any atom is 0.223 e. The molecule has 0 heterocycles. The van der Waals surface area contributed by atoms with Crippen LogP contribution in [0.15, 0.2) is 24.3 Å². The molecule has 0 fully saturated rings. The number of benzene rings is 1. The molecule has 1 aromatic carbocycles. The highest BCUT2D eigenvalue weighted by Gasteiger charge is 2.33. The second-order valence-electron chi connectivity index (χ2n) is 4.00. The molecule has 2 atom stereocenters. The van der Waals surface area contributed by atoms with Crippen molar-refractivity contribution in [2.24, 2.45) is 0 Å². The molecule has 6 nitrogen and oxygen atoms in total. The van der Waals surface area contributed by atoms with E-state index in [0.717, 1.165) is 5.56 Å². The fraction of sp³-hybridized carbons (Fsp3) is 0.455. The van der Waals surface area contributed by atoms with E-state index >= 15 is 0 Å². The molecule has 0 aromatic heterocycles. The first-order chi connectivity index (χ1) is 7.93. The number of hydrogen-bond donors (Lipinski definition) is 0. The van der Waals surface area contributed by atoms with Crippen molar-refractivity contribution in [3.05, 3.63) is 55.6 Å². The lowest BCUT2D eigenvalue weighted by Crippen LogP contribution is -2.30. The first-order valence-electron chi connectivity index (χ1n) is 5.24. The molecule has 1 rings (SSSR count). The van der Waals surface area contributed by atoms with E-state index in [0.29, 0.717) is 5.56 Å². The van der Waals surface area contributed by atoms with Crippen LogP contribution >= 0.6 is 0 Å². The molecule has 0 radical (unpaired) electrons. The molecule has 0 aliphatic rings. The third-order valence-electron chi connectivity index (χ3n) is 2.85. The van der Waals surface area contributed by atoms with Crippen molar-refractivity contribution in [3.63, 3.8) is 0 Å². The van der Waals surface area contributed by atoms with Crippen LogP contribution in [0.2, 0.25) is 0 Å². The van der Waals surface area contributed by atoms with Gasteiger partial charge in [-0.2, -0.15) is 0 Å². The van der Waals surface area contributed by atoms with Crippen molar-refractivity contribution in [1.82, 2.24) is 0 Å². The molecule has 0 amide bonds. The van der Waals surface area contributed by atoms with Crippen molar-refractivity contribution < 1.29 is 9.85 Å². The molecule has 6 heteroatoms. The van der Waals surface area contributed by atoms with Gasteiger partial charge >= 0.3 is 0 Å². The third kappa shape index (κ3) is 3.24. The molecular weight excluding hydrogens is 224 g/mol. The Morgan fingerprint density at radius 1 is 1.24 bits per heavy atom. The molecule has 92 valence electrons. The predicted octanol–water partition coefficient (Wildman–Crippen LogP) is 2.02. The monoisotopic (exact) mass is 238 g/mol. The Balaban J connectivity index is 3.10. The zero-order valence-corrected chi connectivity index (χ0v) is 9.70. The minimum atomic E-state index is -0.971. The van der Waals surface area contributed by atoms with Gasteiger partial charge in [-0.05, 0) is 18.1 Å². The summed E-state index contributed by atoms with van der Waals surface area (Å²) in [5.74, 6) is -0.693. The van der Waals surface area contributed by atoms with Crippen LogP contribution in [0.3, 0.4) is 0 Å². The van der Waals surface area contributed by atoms with Crippen LogP contribution < -0.4 is 0 Å². The molecule has 0 aliphatic heterocycles. The first-order valence-corrected chi connectivity index (χ1v) is 5.24. The van der Waals surface area contributed by atoms with Gasteiger partial charge in [0.2, 0.25) is 12.6 Å². The molecule has 0 N–H and O–H groups in total. The van der Waals surface area contributed by atoms with Crippen LogP contribution in [-0.2, 0) is 0 Å². The van der Waals surface area contributed by atoms with Crippen LogP contribution in [0.4, 0.5) is 0 Å². The van der Waals surface area contributed by atoms with E-state index in [4.69, 9.17) is 0 Å². The second kappa shape index (κ2) is 5.38.